The van der Waals surface area contributed by atoms with Crippen LogP contribution in [0.2, 0.25) is 0 Å². The molecule has 0 unspecified atom stereocenters. The van der Waals surface area contributed by atoms with Gasteiger partial charge in [-0.3, -0.25) is 9.78 Å². The van der Waals surface area contributed by atoms with E-state index in [4.69, 9.17) is 0 Å². The number of rotatable bonds is 2. The summed E-state index contributed by atoms with van der Waals surface area (Å²) < 4.78 is 0. The highest BCUT2D eigenvalue weighted by Crippen LogP contribution is 2.25. The molecule has 1 N–H and O–H groups in total. The molecule has 1 aromatic rings. The predicted octanol–water partition coefficient (Wildman–Crippen LogP) is 1.96. The quantitative estimate of drug-likeness (QED) is 0.885. The average molecular weight is 261 g/mol. The van der Waals surface area contributed by atoms with Gasteiger partial charge < -0.3 is 10.2 Å². The van der Waals surface area contributed by atoms with Crippen molar-refractivity contribution in [1.29, 1.82) is 0 Å². The molecule has 4 nitrogen and oxygen atoms in total. The number of hydrogen-bond donors (Lipinski definition) is 1. The van der Waals surface area contributed by atoms with Gasteiger partial charge in [0.2, 0.25) is 5.91 Å². The standard InChI is InChI=1S/C15H23N3O/c1-14(2)9-13(19)18(15(3,4)11-17-14)10-12-5-7-16-8-6-12/h5-8,17H,9-11H2,1-4H3. The van der Waals surface area contributed by atoms with Crippen molar-refractivity contribution < 1.29 is 4.79 Å². The molecule has 0 aliphatic carbocycles. The van der Waals surface area contributed by atoms with E-state index in [9.17, 15) is 4.79 Å². The molecule has 0 atom stereocenters. The summed E-state index contributed by atoms with van der Waals surface area (Å²) in [5, 5.41) is 3.48. The number of nitrogens with zero attached hydrogens (tertiary/aromatic N) is 2. The minimum atomic E-state index is -0.186. The van der Waals surface area contributed by atoms with E-state index in [1.807, 2.05) is 17.0 Å². The Labute approximate surface area is 115 Å². The lowest BCUT2D eigenvalue weighted by Gasteiger charge is -2.37. The van der Waals surface area contributed by atoms with Crippen molar-refractivity contribution in [3.05, 3.63) is 30.1 Å². The van der Waals surface area contributed by atoms with Gasteiger partial charge in [0.05, 0.1) is 5.54 Å². The minimum absolute atomic E-state index is 0.138. The van der Waals surface area contributed by atoms with Gasteiger partial charge in [-0.1, -0.05) is 0 Å². The van der Waals surface area contributed by atoms with Crippen molar-refractivity contribution in [3.8, 4) is 0 Å². The smallest absolute Gasteiger partial charge is 0.225 e. The first kappa shape index (κ1) is 14.0. The van der Waals surface area contributed by atoms with Crippen molar-refractivity contribution >= 4 is 5.91 Å². The van der Waals surface area contributed by atoms with E-state index in [-0.39, 0.29) is 17.0 Å². The third kappa shape index (κ3) is 3.32. The van der Waals surface area contributed by atoms with Crippen molar-refractivity contribution in [2.24, 2.45) is 0 Å². The number of hydrogen-bond acceptors (Lipinski definition) is 3. The summed E-state index contributed by atoms with van der Waals surface area (Å²) in [4.78, 5) is 18.5. The molecule has 0 radical (unpaired) electrons. The molecule has 19 heavy (non-hydrogen) atoms. The molecule has 0 bridgehead atoms. The lowest BCUT2D eigenvalue weighted by molar-refractivity contribution is -0.136. The second-order valence-corrected chi connectivity index (χ2v) is 6.56. The molecule has 0 saturated carbocycles. The molecule has 1 fully saturated rings. The molecule has 1 aliphatic rings. The van der Waals surface area contributed by atoms with Crippen molar-refractivity contribution in [1.82, 2.24) is 15.2 Å². The van der Waals surface area contributed by atoms with Gasteiger partial charge in [0, 0.05) is 37.4 Å². The minimum Gasteiger partial charge on any atom is -0.332 e. The average Bonchev–Trinajstić information content (AvgIpc) is 2.40. The highest BCUT2D eigenvalue weighted by Gasteiger charge is 2.38. The Bertz CT molecular complexity index is 454. The van der Waals surface area contributed by atoms with Crippen LogP contribution in [0.15, 0.2) is 24.5 Å². The van der Waals surface area contributed by atoms with Gasteiger partial charge in [-0.15, -0.1) is 0 Å². The second kappa shape index (κ2) is 4.93. The number of amides is 1. The van der Waals surface area contributed by atoms with Crippen LogP contribution in [0.3, 0.4) is 0 Å². The molecule has 1 aromatic heterocycles. The summed E-state index contributed by atoms with van der Waals surface area (Å²) in [6, 6.07) is 3.93. The van der Waals surface area contributed by atoms with Crippen LogP contribution in [0, 0.1) is 0 Å². The third-order valence-electron chi connectivity index (χ3n) is 3.71. The van der Waals surface area contributed by atoms with E-state index in [1.165, 1.54) is 0 Å². The molecular formula is C15H23N3O. The normalized spacial score (nSPS) is 22.1. The topological polar surface area (TPSA) is 45.2 Å². The van der Waals surface area contributed by atoms with Gasteiger partial charge in [-0.25, -0.2) is 0 Å². The van der Waals surface area contributed by atoms with Gasteiger partial charge >= 0.3 is 0 Å². The van der Waals surface area contributed by atoms with Crippen LogP contribution in [0.1, 0.15) is 39.7 Å². The van der Waals surface area contributed by atoms with Gasteiger partial charge in [0.1, 0.15) is 0 Å². The Hall–Kier alpha value is -1.42. The number of nitrogens with one attached hydrogen (secondary N) is 1. The lowest BCUT2D eigenvalue weighted by Crippen LogP contribution is -2.50. The zero-order valence-corrected chi connectivity index (χ0v) is 12.2. The molecule has 1 aliphatic heterocycles. The number of carbonyl (C=O) groups is 1. The molecule has 0 aromatic carbocycles. The first-order chi connectivity index (χ1) is 8.80. The van der Waals surface area contributed by atoms with Gasteiger partial charge in [0.25, 0.3) is 0 Å². The Morgan fingerprint density at radius 3 is 2.53 bits per heavy atom. The van der Waals surface area contributed by atoms with Crippen LogP contribution in [0.25, 0.3) is 0 Å². The molecular weight excluding hydrogens is 238 g/mol. The maximum atomic E-state index is 12.5. The highest BCUT2D eigenvalue weighted by atomic mass is 16.2. The summed E-state index contributed by atoms with van der Waals surface area (Å²) in [5.41, 5.74) is 0.797. The van der Waals surface area contributed by atoms with Gasteiger partial charge in [0.15, 0.2) is 0 Å². The molecule has 0 spiro atoms. The van der Waals surface area contributed by atoms with E-state index < -0.39 is 0 Å². The number of carbonyl (C=O) groups excluding carboxylic acids is 1. The molecule has 2 rings (SSSR count). The monoisotopic (exact) mass is 261 g/mol. The fourth-order valence-electron chi connectivity index (χ4n) is 2.40. The molecule has 104 valence electrons. The lowest BCUT2D eigenvalue weighted by atomic mass is 10.0. The maximum Gasteiger partial charge on any atom is 0.225 e. The summed E-state index contributed by atoms with van der Waals surface area (Å²) in [6.07, 6.45) is 4.07. The zero-order valence-electron chi connectivity index (χ0n) is 12.2. The fourth-order valence-corrected chi connectivity index (χ4v) is 2.40. The zero-order chi connectivity index (χ0) is 14.1. The first-order valence-electron chi connectivity index (χ1n) is 6.75. The number of aromatic nitrogens is 1. The highest BCUT2D eigenvalue weighted by molar-refractivity contribution is 5.78. The van der Waals surface area contributed by atoms with Crippen LogP contribution in [-0.2, 0) is 11.3 Å². The molecule has 1 saturated heterocycles. The van der Waals surface area contributed by atoms with Crippen LogP contribution in [-0.4, -0.2) is 33.4 Å². The summed E-state index contributed by atoms with van der Waals surface area (Å²) in [7, 11) is 0. The Morgan fingerprint density at radius 2 is 1.89 bits per heavy atom. The Kier molecular flexibility index (Phi) is 3.63. The predicted molar refractivity (Wildman–Crippen MR) is 75.6 cm³/mol. The molecule has 4 heteroatoms. The molecule has 2 heterocycles. The van der Waals surface area contributed by atoms with E-state index >= 15 is 0 Å². The van der Waals surface area contributed by atoms with E-state index in [0.29, 0.717) is 13.0 Å². The van der Waals surface area contributed by atoms with Crippen molar-refractivity contribution in [2.45, 2.75) is 51.7 Å². The SMILES string of the molecule is CC1(C)CC(=O)N(Cc2ccncc2)C(C)(C)CN1. The van der Waals surface area contributed by atoms with E-state index in [0.717, 1.165) is 12.1 Å². The Balaban J connectivity index is 2.23. The van der Waals surface area contributed by atoms with Crippen LogP contribution in [0.5, 0.6) is 0 Å². The van der Waals surface area contributed by atoms with Crippen molar-refractivity contribution in [2.75, 3.05) is 6.54 Å². The van der Waals surface area contributed by atoms with E-state index in [1.54, 1.807) is 12.4 Å². The third-order valence-corrected chi connectivity index (χ3v) is 3.71. The largest absolute Gasteiger partial charge is 0.332 e. The van der Waals surface area contributed by atoms with Gasteiger partial charge in [-0.05, 0) is 45.4 Å². The Morgan fingerprint density at radius 1 is 1.26 bits per heavy atom. The van der Waals surface area contributed by atoms with Crippen LogP contribution in [0.4, 0.5) is 0 Å². The number of pyridine rings is 1. The first-order valence-corrected chi connectivity index (χ1v) is 6.75. The van der Waals surface area contributed by atoms with E-state index in [2.05, 4.69) is 38.0 Å². The summed E-state index contributed by atoms with van der Waals surface area (Å²) in [6.45, 7) is 9.83. The van der Waals surface area contributed by atoms with Crippen molar-refractivity contribution in [3.63, 3.8) is 0 Å². The summed E-state index contributed by atoms with van der Waals surface area (Å²) >= 11 is 0. The maximum absolute atomic E-state index is 12.5. The molecule has 1 amide bonds. The fraction of sp³-hybridized carbons (Fsp3) is 0.600. The van der Waals surface area contributed by atoms with Crippen LogP contribution < -0.4 is 5.32 Å². The second-order valence-electron chi connectivity index (χ2n) is 6.56. The van der Waals surface area contributed by atoms with Crippen LogP contribution >= 0.6 is 0 Å². The van der Waals surface area contributed by atoms with Gasteiger partial charge in [-0.2, -0.15) is 0 Å². The summed E-state index contributed by atoms with van der Waals surface area (Å²) in [5.74, 6) is 0.205.